The first-order chi connectivity index (χ1) is 13.1. The van der Waals surface area contributed by atoms with Gasteiger partial charge in [0.2, 0.25) is 5.91 Å². The number of para-hydroxylation sites is 1. The molecule has 1 amide bonds. The van der Waals surface area contributed by atoms with Crippen molar-refractivity contribution >= 4 is 39.8 Å². The molecule has 1 aromatic heterocycles. The van der Waals surface area contributed by atoms with Crippen molar-refractivity contribution in [1.82, 2.24) is 4.98 Å². The predicted molar refractivity (Wildman–Crippen MR) is 108 cm³/mol. The van der Waals surface area contributed by atoms with Gasteiger partial charge in [-0.1, -0.05) is 29.8 Å². The van der Waals surface area contributed by atoms with Crippen LogP contribution < -0.4 is 20.1 Å². The number of ether oxygens (including phenoxy) is 2. The summed E-state index contributed by atoms with van der Waals surface area (Å²) in [6, 6.07) is 13.0. The van der Waals surface area contributed by atoms with Crippen LogP contribution in [0.1, 0.15) is 6.42 Å². The van der Waals surface area contributed by atoms with E-state index in [1.54, 1.807) is 18.3 Å². The van der Waals surface area contributed by atoms with Crippen LogP contribution in [0, 0.1) is 0 Å². The summed E-state index contributed by atoms with van der Waals surface area (Å²) in [5, 5.41) is 7.55. The van der Waals surface area contributed by atoms with E-state index in [0.29, 0.717) is 28.8 Å². The first-order valence-corrected chi connectivity index (χ1v) is 8.79. The minimum absolute atomic E-state index is 0.154. The van der Waals surface area contributed by atoms with E-state index in [4.69, 9.17) is 21.1 Å². The molecule has 0 aliphatic heterocycles. The number of methoxy groups -OCH3 is 2. The molecular formula is C20H20ClN3O3. The maximum absolute atomic E-state index is 12.3. The highest BCUT2D eigenvalue weighted by Gasteiger charge is 2.12. The Morgan fingerprint density at radius 3 is 2.63 bits per heavy atom. The lowest BCUT2D eigenvalue weighted by Gasteiger charge is -2.13. The average Bonchev–Trinajstić information content (AvgIpc) is 2.69. The number of hydrogen-bond acceptors (Lipinski definition) is 5. The summed E-state index contributed by atoms with van der Waals surface area (Å²) < 4.78 is 10.5. The van der Waals surface area contributed by atoms with Crippen LogP contribution in [0.25, 0.3) is 10.9 Å². The van der Waals surface area contributed by atoms with Crippen LogP contribution in [0.5, 0.6) is 11.5 Å². The molecule has 3 rings (SSSR count). The molecule has 0 bridgehead atoms. The molecular weight excluding hydrogens is 366 g/mol. The van der Waals surface area contributed by atoms with Gasteiger partial charge in [0.15, 0.2) is 0 Å². The van der Waals surface area contributed by atoms with E-state index < -0.39 is 0 Å². The maximum Gasteiger partial charge on any atom is 0.226 e. The average molecular weight is 386 g/mol. The number of nitrogens with zero attached hydrogens (tertiary/aromatic N) is 1. The van der Waals surface area contributed by atoms with Crippen LogP contribution in [0.2, 0.25) is 5.02 Å². The topological polar surface area (TPSA) is 72.5 Å². The number of nitrogens with one attached hydrogen (secondary N) is 2. The van der Waals surface area contributed by atoms with Crippen molar-refractivity contribution < 1.29 is 14.3 Å². The second-order valence-corrected chi connectivity index (χ2v) is 6.20. The van der Waals surface area contributed by atoms with Gasteiger partial charge >= 0.3 is 0 Å². The molecule has 140 valence electrons. The summed E-state index contributed by atoms with van der Waals surface area (Å²) in [5.74, 6) is 0.784. The number of hydrogen-bond donors (Lipinski definition) is 2. The molecule has 2 aromatic carbocycles. The fourth-order valence-corrected chi connectivity index (χ4v) is 2.96. The lowest BCUT2D eigenvalue weighted by atomic mass is 10.2. The Balaban J connectivity index is 1.63. The largest absolute Gasteiger partial charge is 0.495 e. The molecule has 0 saturated heterocycles. The Labute approximate surface area is 162 Å². The standard InChI is InChI=1S/C20H20ClN3O3/c1-26-17-12-16(18(27-2)11-14(17)21)24-19(25)8-10-22-15-7-3-5-13-6-4-9-23-20(13)15/h3-7,9,11-12,22H,8,10H2,1-2H3,(H,24,25). The number of carbonyl (C=O) groups is 1. The number of carbonyl (C=O) groups excluding carboxylic acids is 1. The zero-order valence-electron chi connectivity index (χ0n) is 15.1. The quantitative estimate of drug-likeness (QED) is 0.632. The number of amides is 1. The van der Waals surface area contributed by atoms with Crippen LogP contribution in [0.3, 0.4) is 0 Å². The van der Waals surface area contributed by atoms with Gasteiger partial charge in [0.05, 0.1) is 36.1 Å². The number of aromatic nitrogens is 1. The van der Waals surface area contributed by atoms with Crippen LogP contribution in [-0.2, 0) is 4.79 Å². The van der Waals surface area contributed by atoms with E-state index in [9.17, 15) is 4.79 Å². The van der Waals surface area contributed by atoms with Crippen LogP contribution >= 0.6 is 11.6 Å². The molecule has 0 saturated carbocycles. The lowest BCUT2D eigenvalue weighted by Crippen LogP contribution is -2.17. The fraction of sp³-hybridized carbons (Fsp3) is 0.200. The number of halogens is 1. The number of rotatable bonds is 7. The molecule has 0 aliphatic carbocycles. The zero-order chi connectivity index (χ0) is 19.2. The highest BCUT2D eigenvalue weighted by molar-refractivity contribution is 6.32. The van der Waals surface area contributed by atoms with Crippen molar-refractivity contribution in [2.24, 2.45) is 0 Å². The van der Waals surface area contributed by atoms with Gasteiger partial charge in [-0.2, -0.15) is 0 Å². The predicted octanol–water partition coefficient (Wildman–Crippen LogP) is 4.35. The Bertz CT molecular complexity index is 957. The minimum Gasteiger partial charge on any atom is -0.495 e. The Morgan fingerprint density at radius 2 is 1.85 bits per heavy atom. The van der Waals surface area contributed by atoms with Gasteiger partial charge in [0.1, 0.15) is 11.5 Å². The first kappa shape index (κ1) is 18.8. The Kier molecular flexibility index (Phi) is 5.98. The van der Waals surface area contributed by atoms with Crippen molar-refractivity contribution in [2.75, 3.05) is 31.4 Å². The Hall–Kier alpha value is -2.99. The third-order valence-corrected chi connectivity index (χ3v) is 4.34. The molecule has 3 aromatic rings. The van der Waals surface area contributed by atoms with Crippen molar-refractivity contribution in [3.05, 3.63) is 53.7 Å². The minimum atomic E-state index is -0.154. The summed E-state index contributed by atoms with van der Waals surface area (Å²) in [5.41, 5.74) is 2.28. The summed E-state index contributed by atoms with van der Waals surface area (Å²) in [4.78, 5) is 16.7. The summed E-state index contributed by atoms with van der Waals surface area (Å²) in [6.07, 6.45) is 2.03. The molecule has 0 aliphatic rings. The van der Waals surface area contributed by atoms with Gasteiger partial charge in [-0.3, -0.25) is 9.78 Å². The van der Waals surface area contributed by atoms with Crippen molar-refractivity contribution in [2.45, 2.75) is 6.42 Å². The highest BCUT2D eigenvalue weighted by atomic mass is 35.5. The normalized spacial score (nSPS) is 10.5. The molecule has 0 unspecified atom stereocenters. The SMILES string of the molecule is COc1cc(NC(=O)CCNc2cccc3cccnc23)c(OC)cc1Cl. The van der Waals surface area contributed by atoms with Gasteiger partial charge in [-0.25, -0.2) is 0 Å². The van der Waals surface area contributed by atoms with Gasteiger partial charge in [0.25, 0.3) is 0 Å². The number of anilines is 2. The van der Waals surface area contributed by atoms with Crippen LogP contribution in [0.4, 0.5) is 11.4 Å². The first-order valence-electron chi connectivity index (χ1n) is 8.41. The third kappa shape index (κ3) is 4.41. The van der Waals surface area contributed by atoms with Crippen molar-refractivity contribution in [3.8, 4) is 11.5 Å². The summed E-state index contributed by atoms with van der Waals surface area (Å²) in [7, 11) is 3.03. The molecule has 1 heterocycles. The van der Waals surface area contributed by atoms with E-state index in [1.165, 1.54) is 14.2 Å². The van der Waals surface area contributed by atoms with E-state index in [-0.39, 0.29) is 12.3 Å². The zero-order valence-corrected chi connectivity index (χ0v) is 15.8. The van der Waals surface area contributed by atoms with Crippen LogP contribution in [0.15, 0.2) is 48.7 Å². The van der Waals surface area contributed by atoms with Gasteiger partial charge in [-0.15, -0.1) is 0 Å². The summed E-state index contributed by atoms with van der Waals surface area (Å²) in [6.45, 7) is 0.467. The van der Waals surface area contributed by atoms with Crippen molar-refractivity contribution in [1.29, 1.82) is 0 Å². The molecule has 0 atom stereocenters. The third-order valence-electron chi connectivity index (χ3n) is 4.05. The fourth-order valence-electron chi connectivity index (χ4n) is 2.73. The molecule has 6 nitrogen and oxygen atoms in total. The smallest absolute Gasteiger partial charge is 0.226 e. The van der Waals surface area contributed by atoms with E-state index in [2.05, 4.69) is 15.6 Å². The van der Waals surface area contributed by atoms with E-state index in [1.807, 2.05) is 30.3 Å². The molecule has 0 spiro atoms. The monoisotopic (exact) mass is 385 g/mol. The van der Waals surface area contributed by atoms with Gasteiger partial charge in [0, 0.05) is 36.7 Å². The van der Waals surface area contributed by atoms with Crippen molar-refractivity contribution in [3.63, 3.8) is 0 Å². The molecule has 2 N–H and O–H groups in total. The number of pyridine rings is 1. The maximum atomic E-state index is 12.3. The van der Waals surface area contributed by atoms with Crippen LogP contribution in [-0.4, -0.2) is 31.7 Å². The van der Waals surface area contributed by atoms with E-state index >= 15 is 0 Å². The van der Waals surface area contributed by atoms with Gasteiger partial charge in [-0.05, 0) is 12.1 Å². The number of benzene rings is 2. The highest BCUT2D eigenvalue weighted by Crippen LogP contribution is 2.35. The number of fused-ring (bicyclic) bond motifs is 1. The molecule has 0 radical (unpaired) electrons. The Morgan fingerprint density at radius 1 is 1.07 bits per heavy atom. The molecule has 7 heteroatoms. The summed E-state index contributed by atoms with van der Waals surface area (Å²) >= 11 is 6.08. The van der Waals surface area contributed by atoms with E-state index in [0.717, 1.165) is 16.6 Å². The molecule has 0 fully saturated rings. The van der Waals surface area contributed by atoms with Gasteiger partial charge < -0.3 is 20.1 Å². The molecule has 27 heavy (non-hydrogen) atoms. The second kappa shape index (κ2) is 8.60. The second-order valence-electron chi connectivity index (χ2n) is 5.79. The lowest BCUT2D eigenvalue weighted by molar-refractivity contribution is -0.116.